The van der Waals surface area contributed by atoms with Crippen LogP contribution in [-0.4, -0.2) is 39.6 Å². The molecule has 2 N–H and O–H groups in total. The van der Waals surface area contributed by atoms with E-state index >= 15 is 0 Å². The standard InChI is InChI=1S/C20H15ClN2O5S/c21-14-6-4-12(5-7-14)10-16-18(25)23(20(28)29-16)9-8-17(24)22-15-3-1-2-13(11-15)19(26)27/h1-7,10-11H,8-9H2,(H,22,24)(H,26,27)/b16-10-. The predicted octanol–water partition coefficient (Wildman–Crippen LogP) is 4.10. The van der Waals surface area contributed by atoms with Crippen molar-refractivity contribution in [3.8, 4) is 0 Å². The maximum atomic E-state index is 12.5. The summed E-state index contributed by atoms with van der Waals surface area (Å²) in [4.78, 5) is 49.0. The van der Waals surface area contributed by atoms with Gasteiger partial charge in [0.15, 0.2) is 0 Å². The van der Waals surface area contributed by atoms with Crippen LogP contribution in [0.5, 0.6) is 0 Å². The first-order chi connectivity index (χ1) is 13.8. The molecular formula is C20H15ClN2O5S. The van der Waals surface area contributed by atoms with E-state index in [4.69, 9.17) is 16.7 Å². The second kappa shape index (κ2) is 8.93. The number of hydrogen-bond acceptors (Lipinski definition) is 5. The van der Waals surface area contributed by atoms with Gasteiger partial charge in [-0.25, -0.2) is 4.79 Å². The molecule has 0 bridgehead atoms. The second-order valence-electron chi connectivity index (χ2n) is 6.07. The van der Waals surface area contributed by atoms with Crippen LogP contribution in [0.15, 0.2) is 53.4 Å². The molecule has 0 unspecified atom stereocenters. The van der Waals surface area contributed by atoms with Gasteiger partial charge in [0, 0.05) is 23.7 Å². The zero-order chi connectivity index (χ0) is 21.0. The Bertz CT molecular complexity index is 1020. The Morgan fingerprint density at radius 3 is 2.55 bits per heavy atom. The van der Waals surface area contributed by atoms with Gasteiger partial charge in [-0.15, -0.1) is 0 Å². The lowest BCUT2D eigenvalue weighted by Gasteiger charge is -2.12. The summed E-state index contributed by atoms with van der Waals surface area (Å²) in [5, 5.41) is 11.7. The fraction of sp³-hybridized carbons (Fsp3) is 0.100. The number of nitrogens with one attached hydrogen (secondary N) is 1. The summed E-state index contributed by atoms with van der Waals surface area (Å²) in [7, 11) is 0. The van der Waals surface area contributed by atoms with Gasteiger partial charge in [-0.3, -0.25) is 19.3 Å². The number of carbonyl (C=O) groups excluding carboxylic acids is 3. The zero-order valence-electron chi connectivity index (χ0n) is 14.9. The number of carboxylic acids is 1. The lowest BCUT2D eigenvalue weighted by molar-refractivity contribution is -0.123. The number of thioether (sulfide) groups is 1. The Hall–Kier alpha value is -3.10. The van der Waals surface area contributed by atoms with E-state index in [9.17, 15) is 19.2 Å². The lowest BCUT2D eigenvalue weighted by atomic mass is 10.2. The van der Waals surface area contributed by atoms with Gasteiger partial charge in [-0.1, -0.05) is 29.8 Å². The van der Waals surface area contributed by atoms with Crippen LogP contribution in [0.25, 0.3) is 6.08 Å². The van der Waals surface area contributed by atoms with Gasteiger partial charge in [-0.2, -0.15) is 0 Å². The van der Waals surface area contributed by atoms with Crippen molar-refractivity contribution >= 4 is 58.1 Å². The highest BCUT2D eigenvalue weighted by molar-refractivity contribution is 8.18. The number of imide groups is 1. The van der Waals surface area contributed by atoms with E-state index in [0.29, 0.717) is 10.7 Å². The van der Waals surface area contributed by atoms with E-state index < -0.39 is 23.0 Å². The monoisotopic (exact) mass is 430 g/mol. The highest BCUT2D eigenvalue weighted by atomic mass is 35.5. The Morgan fingerprint density at radius 1 is 1.14 bits per heavy atom. The second-order valence-corrected chi connectivity index (χ2v) is 7.50. The SMILES string of the molecule is O=C(CCN1C(=O)S/C(=C\c2ccc(Cl)cc2)C1=O)Nc1cccc(C(=O)O)c1. The van der Waals surface area contributed by atoms with E-state index in [2.05, 4.69) is 5.32 Å². The van der Waals surface area contributed by atoms with Crippen molar-refractivity contribution in [2.24, 2.45) is 0 Å². The number of halogens is 1. The van der Waals surface area contributed by atoms with Crippen molar-refractivity contribution < 1.29 is 24.3 Å². The molecule has 0 atom stereocenters. The Balaban J connectivity index is 1.60. The van der Waals surface area contributed by atoms with Gasteiger partial charge in [0.25, 0.3) is 11.1 Å². The van der Waals surface area contributed by atoms with Crippen LogP contribution in [0.3, 0.4) is 0 Å². The molecule has 0 saturated carbocycles. The van der Waals surface area contributed by atoms with Crippen molar-refractivity contribution in [2.75, 3.05) is 11.9 Å². The van der Waals surface area contributed by atoms with Crippen LogP contribution < -0.4 is 5.32 Å². The molecular weight excluding hydrogens is 416 g/mol. The molecule has 9 heteroatoms. The fourth-order valence-corrected chi connectivity index (χ4v) is 3.56. The van der Waals surface area contributed by atoms with Gasteiger partial charge < -0.3 is 10.4 Å². The molecule has 2 aromatic rings. The smallest absolute Gasteiger partial charge is 0.335 e. The summed E-state index contributed by atoms with van der Waals surface area (Å²) in [6, 6.07) is 12.6. The van der Waals surface area contributed by atoms with Crippen molar-refractivity contribution in [3.05, 3.63) is 69.6 Å². The molecule has 3 rings (SSSR count). The topological polar surface area (TPSA) is 104 Å². The lowest BCUT2D eigenvalue weighted by Crippen LogP contribution is -2.31. The summed E-state index contributed by atoms with van der Waals surface area (Å²) in [5.74, 6) is -2.00. The number of hydrogen-bond donors (Lipinski definition) is 2. The van der Waals surface area contributed by atoms with Crippen molar-refractivity contribution in [2.45, 2.75) is 6.42 Å². The maximum absolute atomic E-state index is 12.5. The molecule has 3 amide bonds. The number of carboxylic acid groups (broad SMARTS) is 1. The van der Waals surface area contributed by atoms with Gasteiger partial charge in [0.2, 0.25) is 5.91 Å². The molecule has 0 aliphatic carbocycles. The summed E-state index contributed by atoms with van der Waals surface area (Å²) >= 11 is 6.64. The van der Waals surface area contributed by atoms with Crippen LogP contribution in [0, 0.1) is 0 Å². The molecule has 7 nitrogen and oxygen atoms in total. The Labute approximate surface area is 175 Å². The number of benzene rings is 2. The van der Waals surface area contributed by atoms with Crippen LogP contribution in [0.4, 0.5) is 10.5 Å². The van der Waals surface area contributed by atoms with Crippen LogP contribution in [0.1, 0.15) is 22.3 Å². The molecule has 0 aromatic heterocycles. The van der Waals surface area contributed by atoms with E-state index in [-0.39, 0.29) is 23.4 Å². The third-order valence-electron chi connectivity index (χ3n) is 4.00. The van der Waals surface area contributed by atoms with Crippen molar-refractivity contribution in [3.63, 3.8) is 0 Å². The van der Waals surface area contributed by atoms with E-state index in [0.717, 1.165) is 22.2 Å². The highest BCUT2D eigenvalue weighted by Gasteiger charge is 2.35. The molecule has 0 radical (unpaired) electrons. The van der Waals surface area contributed by atoms with E-state index in [1.54, 1.807) is 36.4 Å². The van der Waals surface area contributed by atoms with E-state index in [1.807, 2.05) is 0 Å². The average molecular weight is 431 g/mol. The summed E-state index contributed by atoms with van der Waals surface area (Å²) in [6.07, 6.45) is 1.49. The Kier molecular flexibility index (Phi) is 6.36. The van der Waals surface area contributed by atoms with Gasteiger partial charge in [0.05, 0.1) is 10.5 Å². The molecule has 148 valence electrons. The average Bonchev–Trinajstić information content (AvgIpc) is 2.95. The fourth-order valence-electron chi connectivity index (χ4n) is 2.57. The summed E-state index contributed by atoms with van der Waals surface area (Å²) in [5.41, 5.74) is 1.10. The molecule has 1 aliphatic rings. The van der Waals surface area contributed by atoms with Gasteiger partial charge in [0.1, 0.15) is 0 Å². The normalized spacial score (nSPS) is 15.1. The van der Waals surface area contributed by atoms with E-state index in [1.165, 1.54) is 18.2 Å². The quantitative estimate of drug-likeness (QED) is 0.668. The number of carbonyl (C=O) groups is 4. The van der Waals surface area contributed by atoms with Crippen molar-refractivity contribution in [1.82, 2.24) is 4.90 Å². The zero-order valence-corrected chi connectivity index (χ0v) is 16.5. The molecule has 29 heavy (non-hydrogen) atoms. The molecule has 2 aromatic carbocycles. The van der Waals surface area contributed by atoms with Crippen LogP contribution in [0.2, 0.25) is 5.02 Å². The molecule has 0 spiro atoms. The Morgan fingerprint density at radius 2 is 1.86 bits per heavy atom. The number of nitrogens with zero attached hydrogens (tertiary/aromatic N) is 1. The third-order valence-corrected chi connectivity index (χ3v) is 5.16. The van der Waals surface area contributed by atoms with Crippen LogP contribution in [-0.2, 0) is 9.59 Å². The van der Waals surface area contributed by atoms with Crippen LogP contribution >= 0.6 is 23.4 Å². The number of rotatable bonds is 6. The predicted molar refractivity (Wildman–Crippen MR) is 111 cm³/mol. The largest absolute Gasteiger partial charge is 0.478 e. The summed E-state index contributed by atoms with van der Waals surface area (Å²) < 4.78 is 0. The molecule has 1 heterocycles. The number of aromatic carboxylic acids is 1. The maximum Gasteiger partial charge on any atom is 0.335 e. The number of anilines is 1. The minimum atomic E-state index is -1.11. The minimum Gasteiger partial charge on any atom is -0.478 e. The molecule has 1 aliphatic heterocycles. The van der Waals surface area contributed by atoms with Crippen molar-refractivity contribution in [1.29, 1.82) is 0 Å². The minimum absolute atomic E-state index is 0.0427. The van der Waals surface area contributed by atoms with Gasteiger partial charge >= 0.3 is 5.97 Å². The third kappa shape index (κ3) is 5.24. The summed E-state index contributed by atoms with van der Waals surface area (Å²) in [6.45, 7) is -0.0763. The number of amides is 3. The molecule has 1 fully saturated rings. The first-order valence-corrected chi connectivity index (χ1v) is 9.67. The highest BCUT2D eigenvalue weighted by Crippen LogP contribution is 2.32. The molecule has 1 saturated heterocycles. The van der Waals surface area contributed by atoms with Gasteiger partial charge in [-0.05, 0) is 53.7 Å². The first kappa shape index (κ1) is 20.6. The first-order valence-electron chi connectivity index (χ1n) is 8.47.